The van der Waals surface area contributed by atoms with Crippen molar-refractivity contribution in [1.82, 2.24) is 25.3 Å². The monoisotopic (exact) mass is 343 g/mol. The average molecular weight is 343 g/mol. The van der Waals surface area contributed by atoms with Crippen LogP contribution in [-0.4, -0.2) is 45.1 Å². The minimum absolute atomic E-state index is 0.0486. The molecule has 0 spiro atoms. The summed E-state index contributed by atoms with van der Waals surface area (Å²) < 4.78 is 5.08. The van der Waals surface area contributed by atoms with E-state index in [1.165, 1.54) is 5.56 Å². The maximum absolute atomic E-state index is 12.6. The second-order valence-electron chi connectivity index (χ2n) is 6.47. The van der Waals surface area contributed by atoms with Gasteiger partial charge in [0.1, 0.15) is 0 Å². The predicted octanol–water partition coefficient (Wildman–Crippen LogP) is 1.88. The SMILES string of the molecule is Cc1noc(CCCNC(=O)[C@@H]2CCCCN2Cc2ccncc2)n1. The van der Waals surface area contributed by atoms with Gasteiger partial charge in [-0.05, 0) is 50.4 Å². The number of nitrogens with one attached hydrogen (secondary N) is 1. The molecule has 134 valence electrons. The topological polar surface area (TPSA) is 84.2 Å². The fourth-order valence-corrected chi connectivity index (χ4v) is 3.21. The summed E-state index contributed by atoms with van der Waals surface area (Å²) in [5.41, 5.74) is 1.20. The fraction of sp³-hybridized carbons (Fsp3) is 0.556. The van der Waals surface area contributed by atoms with Gasteiger partial charge in [-0.15, -0.1) is 0 Å². The maximum Gasteiger partial charge on any atom is 0.237 e. The van der Waals surface area contributed by atoms with E-state index in [0.29, 0.717) is 24.7 Å². The van der Waals surface area contributed by atoms with E-state index in [-0.39, 0.29) is 11.9 Å². The average Bonchev–Trinajstić information content (AvgIpc) is 3.05. The summed E-state index contributed by atoms with van der Waals surface area (Å²) in [6.07, 6.45) is 8.25. The Balaban J connectivity index is 1.47. The van der Waals surface area contributed by atoms with Crippen molar-refractivity contribution < 1.29 is 9.32 Å². The molecule has 0 saturated carbocycles. The molecule has 2 aromatic rings. The van der Waals surface area contributed by atoms with Gasteiger partial charge in [-0.2, -0.15) is 4.98 Å². The third-order valence-electron chi connectivity index (χ3n) is 4.49. The van der Waals surface area contributed by atoms with Crippen molar-refractivity contribution in [2.75, 3.05) is 13.1 Å². The Morgan fingerprint density at radius 3 is 2.96 bits per heavy atom. The number of likely N-dealkylation sites (tertiary alicyclic amines) is 1. The molecule has 0 radical (unpaired) electrons. The van der Waals surface area contributed by atoms with Gasteiger partial charge in [0.25, 0.3) is 0 Å². The number of hydrogen-bond acceptors (Lipinski definition) is 6. The minimum atomic E-state index is -0.0486. The maximum atomic E-state index is 12.6. The molecule has 0 unspecified atom stereocenters. The van der Waals surface area contributed by atoms with E-state index < -0.39 is 0 Å². The zero-order valence-corrected chi connectivity index (χ0v) is 14.6. The van der Waals surface area contributed by atoms with Gasteiger partial charge in [0.2, 0.25) is 11.8 Å². The summed E-state index contributed by atoms with van der Waals surface area (Å²) in [7, 11) is 0. The fourth-order valence-electron chi connectivity index (χ4n) is 3.21. The first-order chi connectivity index (χ1) is 12.2. The number of amides is 1. The molecule has 0 bridgehead atoms. The van der Waals surface area contributed by atoms with Gasteiger partial charge in [-0.3, -0.25) is 14.7 Å². The number of carbonyl (C=O) groups is 1. The van der Waals surface area contributed by atoms with E-state index in [2.05, 4.69) is 25.3 Å². The number of nitrogens with zero attached hydrogens (tertiary/aromatic N) is 4. The van der Waals surface area contributed by atoms with Crippen molar-refractivity contribution in [3.8, 4) is 0 Å². The first-order valence-electron chi connectivity index (χ1n) is 8.92. The van der Waals surface area contributed by atoms with Crippen LogP contribution in [0.15, 0.2) is 29.0 Å². The van der Waals surface area contributed by atoms with Gasteiger partial charge in [-0.1, -0.05) is 11.6 Å². The molecule has 1 aliphatic rings. The van der Waals surface area contributed by atoms with Crippen molar-refractivity contribution in [2.24, 2.45) is 0 Å². The van der Waals surface area contributed by atoms with E-state index in [0.717, 1.165) is 38.8 Å². The van der Waals surface area contributed by atoms with E-state index in [4.69, 9.17) is 4.52 Å². The zero-order valence-electron chi connectivity index (χ0n) is 14.6. The standard InChI is InChI=1S/C18H25N5O2/c1-14-21-17(25-22-14)6-4-9-20-18(24)16-5-2-3-12-23(16)13-15-7-10-19-11-8-15/h7-8,10-11,16H,2-6,9,12-13H2,1H3,(H,20,24)/t16-/m0/s1. The van der Waals surface area contributed by atoms with E-state index in [9.17, 15) is 4.79 Å². The number of piperidine rings is 1. The van der Waals surface area contributed by atoms with E-state index in [1.54, 1.807) is 19.3 Å². The van der Waals surface area contributed by atoms with E-state index in [1.807, 2.05) is 12.1 Å². The number of carbonyl (C=O) groups excluding carboxylic acids is 1. The summed E-state index contributed by atoms with van der Waals surface area (Å²) in [5.74, 6) is 1.40. The van der Waals surface area contributed by atoms with Crippen molar-refractivity contribution in [1.29, 1.82) is 0 Å². The van der Waals surface area contributed by atoms with Crippen LogP contribution in [0, 0.1) is 6.92 Å². The van der Waals surface area contributed by atoms with Crippen LogP contribution in [0.5, 0.6) is 0 Å². The molecule has 7 heteroatoms. The van der Waals surface area contributed by atoms with Gasteiger partial charge < -0.3 is 9.84 Å². The molecule has 1 aliphatic heterocycles. The molecule has 25 heavy (non-hydrogen) atoms. The van der Waals surface area contributed by atoms with Crippen LogP contribution in [0.3, 0.4) is 0 Å². The smallest absolute Gasteiger partial charge is 0.237 e. The van der Waals surface area contributed by atoms with Crippen molar-refractivity contribution >= 4 is 5.91 Å². The Labute approximate surface area is 147 Å². The third-order valence-corrected chi connectivity index (χ3v) is 4.49. The first kappa shape index (κ1) is 17.5. The lowest BCUT2D eigenvalue weighted by molar-refractivity contribution is -0.127. The Bertz CT molecular complexity index is 673. The number of pyridine rings is 1. The lowest BCUT2D eigenvalue weighted by Gasteiger charge is -2.34. The summed E-state index contributed by atoms with van der Waals surface area (Å²) in [4.78, 5) is 23.1. The molecular formula is C18H25N5O2. The molecule has 1 saturated heterocycles. The highest BCUT2D eigenvalue weighted by Gasteiger charge is 2.28. The highest BCUT2D eigenvalue weighted by atomic mass is 16.5. The van der Waals surface area contributed by atoms with Crippen molar-refractivity contribution in [2.45, 2.75) is 51.6 Å². The number of rotatable bonds is 7. The molecule has 1 atom stereocenters. The van der Waals surface area contributed by atoms with Crippen LogP contribution in [-0.2, 0) is 17.8 Å². The quantitative estimate of drug-likeness (QED) is 0.773. The Hall–Kier alpha value is -2.28. The molecule has 0 aliphatic carbocycles. The zero-order chi connectivity index (χ0) is 17.5. The van der Waals surface area contributed by atoms with Gasteiger partial charge in [0.15, 0.2) is 5.82 Å². The first-order valence-corrected chi connectivity index (χ1v) is 8.92. The Kier molecular flexibility index (Phi) is 6.11. The molecular weight excluding hydrogens is 318 g/mol. The molecule has 0 aromatic carbocycles. The van der Waals surface area contributed by atoms with Crippen LogP contribution < -0.4 is 5.32 Å². The second kappa shape index (κ2) is 8.71. The summed E-state index contributed by atoms with van der Waals surface area (Å²) >= 11 is 0. The number of hydrogen-bond donors (Lipinski definition) is 1. The van der Waals surface area contributed by atoms with Gasteiger partial charge in [-0.25, -0.2) is 0 Å². The van der Waals surface area contributed by atoms with Crippen molar-refractivity contribution in [3.63, 3.8) is 0 Å². The summed E-state index contributed by atoms with van der Waals surface area (Å²) in [5, 5.41) is 6.83. The van der Waals surface area contributed by atoms with Crippen LogP contribution in [0.4, 0.5) is 0 Å². The molecule has 1 amide bonds. The highest BCUT2D eigenvalue weighted by molar-refractivity contribution is 5.81. The minimum Gasteiger partial charge on any atom is -0.355 e. The number of aromatic nitrogens is 3. The van der Waals surface area contributed by atoms with Crippen LogP contribution in [0.25, 0.3) is 0 Å². The second-order valence-corrected chi connectivity index (χ2v) is 6.47. The molecule has 1 fully saturated rings. The normalized spacial score (nSPS) is 18.2. The largest absolute Gasteiger partial charge is 0.355 e. The predicted molar refractivity (Wildman–Crippen MR) is 92.7 cm³/mol. The van der Waals surface area contributed by atoms with Gasteiger partial charge in [0.05, 0.1) is 6.04 Å². The molecule has 3 heterocycles. The summed E-state index contributed by atoms with van der Waals surface area (Å²) in [6.45, 7) is 4.18. The molecule has 7 nitrogen and oxygen atoms in total. The highest BCUT2D eigenvalue weighted by Crippen LogP contribution is 2.19. The van der Waals surface area contributed by atoms with Crippen LogP contribution >= 0.6 is 0 Å². The molecule has 1 N–H and O–H groups in total. The molecule has 3 rings (SSSR count). The summed E-state index contributed by atoms with van der Waals surface area (Å²) in [6, 6.07) is 3.97. The van der Waals surface area contributed by atoms with Gasteiger partial charge in [0, 0.05) is 31.9 Å². The molecule has 2 aromatic heterocycles. The Morgan fingerprint density at radius 2 is 2.20 bits per heavy atom. The third kappa shape index (κ3) is 5.09. The van der Waals surface area contributed by atoms with Crippen LogP contribution in [0.1, 0.15) is 43.0 Å². The van der Waals surface area contributed by atoms with Crippen LogP contribution in [0.2, 0.25) is 0 Å². The van der Waals surface area contributed by atoms with Crippen molar-refractivity contribution in [3.05, 3.63) is 41.8 Å². The lowest BCUT2D eigenvalue weighted by Crippen LogP contribution is -2.49. The van der Waals surface area contributed by atoms with Gasteiger partial charge >= 0.3 is 0 Å². The van der Waals surface area contributed by atoms with E-state index >= 15 is 0 Å². The number of aryl methyl sites for hydroxylation is 2. The lowest BCUT2D eigenvalue weighted by atomic mass is 10.0. The Morgan fingerprint density at radius 1 is 1.36 bits per heavy atom.